The Kier molecular flexibility index (Phi) is 3.86. The van der Waals surface area contributed by atoms with Gasteiger partial charge in [0, 0.05) is 6.54 Å². The Hall–Kier alpha value is -1.26. The molecule has 1 heterocycles. The molecular weight excluding hydrogens is 304 g/mol. The quantitative estimate of drug-likeness (QED) is 0.847. The molecule has 0 atom stereocenters. The van der Waals surface area contributed by atoms with Crippen molar-refractivity contribution in [3.05, 3.63) is 51.7 Å². The van der Waals surface area contributed by atoms with E-state index in [0.717, 1.165) is 15.7 Å². The van der Waals surface area contributed by atoms with Gasteiger partial charge in [0.25, 0.3) is 0 Å². The highest BCUT2D eigenvalue weighted by molar-refractivity contribution is 9.10. The van der Waals surface area contributed by atoms with Crippen LogP contribution in [0.25, 0.3) is 0 Å². The molecule has 2 aromatic rings. The smallest absolute Gasteiger partial charge is 0.143 e. The highest BCUT2D eigenvalue weighted by Gasteiger charge is 2.00. The van der Waals surface area contributed by atoms with Crippen molar-refractivity contribution in [2.45, 2.75) is 6.54 Å². The summed E-state index contributed by atoms with van der Waals surface area (Å²) in [6, 6.07) is 8.96. The summed E-state index contributed by atoms with van der Waals surface area (Å²) in [6.07, 6.45) is 1.66. The number of phenolic OH excluding ortho intramolecular Hbond substituents is 1. The Balaban J connectivity index is 2.05. The third-order valence-corrected chi connectivity index (χ3v) is 3.34. The van der Waals surface area contributed by atoms with Crippen LogP contribution in [0.3, 0.4) is 0 Å². The van der Waals surface area contributed by atoms with Crippen molar-refractivity contribution in [2.24, 2.45) is 0 Å². The molecule has 0 saturated heterocycles. The van der Waals surface area contributed by atoms with Gasteiger partial charge in [-0.1, -0.05) is 23.7 Å². The first-order chi connectivity index (χ1) is 8.15. The Labute approximate surface area is 113 Å². The minimum Gasteiger partial charge on any atom is -0.508 e. The molecular formula is C12H10BrClN2O. The van der Waals surface area contributed by atoms with Gasteiger partial charge in [-0.25, -0.2) is 4.98 Å². The fraction of sp³-hybridized carbons (Fsp3) is 0.0833. The molecule has 0 unspecified atom stereocenters. The minimum atomic E-state index is 0.264. The average molecular weight is 314 g/mol. The molecule has 0 amide bonds. The summed E-state index contributed by atoms with van der Waals surface area (Å²) in [5.41, 5.74) is 1.86. The fourth-order valence-corrected chi connectivity index (χ4v) is 1.84. The van der Waals surface area contributed by atoms with Gasteiger partial charge >= 0.3 is 0 Å². The van der Waals surface area contributed by atoms with Crippen molar-refractivity contribution in [1.29, 1.82) is 0 Å². The molecule has 0 spiro atoms. The second-order valence-electron chi connectivity index (χ2n) is 3.52. The van der Waals surface area contributed by atoms with Crippen LogP contribution in [0.1, 0.15) is 5.56 Å². The van der Waals surface area contributed by atoms with E-state index in [1.165, 1.54) is 0 Å². The minimum absolute atomic E-state index is 0.264. The first-order valence-corrected chi connectivity index (χ1v) is 6.15. The molecule has 0 fully saturated rings. The summed E-state index contributed by atoms with van der Waals surface area (Å²) in [5.74, 6) is 0.264. The van der Waals surface area contributed by atoms with Crippen LogP contribution in [0.4, 0.5) is 5.69 Å². The van der Waals surface area contributed by atoms with Crippen LogP contribution in [0.5, 0.6) is 5.75 Å². The summed E-state index contributed by atoms with van der Waals surface area (Å²) in [7, 11) is 0. The number of nitrogens with one attached hydrogen (secondary N) is 1. The predicted molar refractivity (Wildman–Crippen MR) is 72.4 cm³/mol. The molecule has 1 aromatic heterocycles. The van der Waals surface area contributed by atoms with Gasteiger partial charge in [-0.3, -0.25) is 0 Å². The van der Waals surface area contributed by atoms with Crippen molar-refractivity contribution in [1.82, 2.24) is 4.98 Å². The van der Waals surface area contributed by atoms with E-state index in [-0.39, 0.29) is 5.75 Å². The molecule has 0 aliphatic carbocycles. The van der Waals surface area contributed by atoms with E-state index in [0.29, 0.717) is 11.7 Å². The van der Waals surface area contributed by atoms with Crippen molar-refractivity contribution >= 4 is 33.2 Å². The van der Waals surface area contributed by atoms with E-state index in [1.807, 2.05) is 18.2 Å². The van der Waals surface area contributed by atoms with Crippen LogP contribution in [0, 0.1) is 0 Å². The lowest BCUT2D eigenvalue weighted by Gasteiger charge is -2.07. The topological polar surface area (TPSA) is 45.1 Å². The highest BCUT2D eigenvalue weighted by Crippen LogP contribution is 2.23. The number of rotatable bonds is 3. The van der Waals surface area contributed by atoms with Gasteiger partial charge in [-0.05, 0) is 39.7 Å². The Morgan fingerprint density at radius 2 is 2.18 bits per heavy atom. The lowest BCUT2D eigenvalue weighted by Crippen LogP contribution is -1.99. The normalized spacial score (nSPS) is 10.2. The SMILES string of the molecule is Oc1cccc(CNc2cnc(Cl)c(Br)c2)c1. The zero-order valence-corrected chi connectivity index (χ0v) is 11.2. The first-order valence-electron chi connectivity index (χ1n) is 4.98. The fourth-order valence-electron chi connectivity index (χ4n) is 1.39. The second-order valence-corrected chi connectivity index (χ2v) is 4.73. The summed E-state index contributed by atoms with van der Waals surface area (Å²) in [4.78, 5) is 4.02. The molecule has 2 N–H and O–H groups in total. The van der Waals surface area contributed by atoms with E-state index in [9.17, 15) is 5.11 Å². The second kappa shape index (κ2) is 5.38. The number of aromatic hydroxyl groups is 1. The summed E-state index contributed by atoms with van der Waals surface area (Å²) < 4.78 is 0.750. The van der Waals surface area contributed by atoms with Gasteiger partial charge in [-0.2, -0.15) is 0 Å². The van der Waals surface area contributed by atoms with Crippen LogP contribution in [0.2, 0.25) is 5.15 Å². The molecule has 0 saturated carbocycles. The number of anilines is 1. The molecule has 88 valence electrons. The zero-order valence-electron chi connectivity index (χ0n) is 8.82. The molecule has 0 radical (unpaired) electrons. The Bertz CT molecular complexity index is 534. The van der Waals surface area contributed by atoms with Gasteiger partial charge in [0.2, 0.25) is 0 Å². The average Bonchev–Trinajstić information content (AvgIpc) is 2.31. The number of nitrogens with zero attached hydrogens (tertiary/aromatic N) is 1. The Morgan fingerprint density at radius 1 is 1.35 bits per heavy atom. The Morgan fingerprint density at radius 3 is 2.88 bits per heavy atom. The molecule has 0 bridgehead atoms. The third kappa shape index (κ3) is 3.35. The monoisotopic (exact) mass is 312 g/mol. The molecule has 0 aliphatic heterocycles. The van der Waals surface area contributed by atoms with E-state index in [4.69, 9.17) is 11.6 Å². The number of pyridine rings is 1. The zero-order chi connectivity index (χ0) is 12.3. The van der Waals surface area contributed by atoms with Crippen LogP contribution in [-0.2, 0) is 6.54 Å². The highest BCUT2D eigenvalue weighted by atomic mass is 79.9. The first kappa shape index (κ1) is 12.2. The molecule has 17 heavy (non-hydrogen) atoms. The predicted octanol–water partition coefficient (Wildman–Crippen LogP) is 3.82. The van der Waals surface area contributed by atoms with Gasteiger partial charge in [-0.15, -0.1) is 0 Å². The summed E-state index contributed by atoms with van der Waals surface area (Å²) in [6.45, 7) is 0.615. The standard InChI is InChI=1S/C12H10BrClN2O/c13-11-5-9(7-16-12(11)14)15-6-8-2-1-3-10(17)4-8/h1-5,7,15,17H,6H2. The van der Waals surface area contributed by atoms with E-state index in [1.54, 1.807) is 18.3 Å². The van der Waals surface area contributed by atoms with Gasteiger partial charge in [0.1, 0.15) is 10.9 Å². The molecule has 3 nitrogen and oxygen atoms in total. The van der Waals surface area contributed by atoms with Gasteiger partial charge in [0.15, 0.2) is 0 Å². The number of hydrogen-bond acceptors (Lipinski definition) is 3. The van der Waals surface area contributed by atoms with Crippen molar-refractivity contribution in [2.75, 3.05) is 5.32 Å². The van der Waals surface area contributed by atoms with Crippen LogP contribution >= 0.6 is 27.5 Å². The van der Waals surface area contributed by atoms with E-state index < -0.39 is 0 Å². The van der Waals surface area contributed by atoms with Crippen LogP contribution in [-0.4, -0.2) is 10.1 Å². The van der Waals surface area contributed by atoms with Crippen molar-refractivity contribution in [3.8, 4) is 5.75 Å². The van der Waals surface area contributed by atoms with E-state index >= 15 is 0 Å². The number of halogens is 2. The van der Waals surface area contributed by atoms with Crippen molar-refractivity contribution in [3.63, 3.8) is 0 Å². The summed E-state index contributed by atoms with van der Waals surface area (Å²) in [5, 5.41) is 13.0. The van der Waals surface area contributed by atoms with Crippen molar-refractivity contribution < 1.29 is 5.11 Å². The lowest BCUT2D eigenvalue weighted by molar-refractivity contribution is 0.474. The van der Waals surface area contributed by atoms with Crippen LogP contribution < -0.4 is 5.32 Å². The number of benzene rings is 1. The molecule has 1 aromatic carbocycles. The maximum absolute atomic E-state index is 9.33. The number of hydrogen-bond donors (Lipinski definition) is 2. The van der Waals surface area contributed by atoms with Gasteiger partial charge in [0.05, 0.1) is 16.4 Å². The molecule has 5 heteroatoms. The van der Waals surface area contributed by atoms with E-state index in [2.05, 4.69) is 26.2 Å². The largest absolute Gasteiger partial charge is 0.508 e. The lowest BCUT2D eigenvalue weighted by atomic mass is 10.2. The third-order valence-electron chi connectivity index (χ3n) is 2.20. The summed E-state index contributed by atoms with van der Waals surface area (Å²) >= 11 is 9.11. The number of phenols is 1. The molecule has 2 rings (SSSR count). The maximum Gasteiger partial charge on any atom is 0.143 e. The number of aromatic nitrogens is 1. The maximum atomic E-state index is 9.33. The van der Waals surface area contributed by atoms with Gasteiger partial charge < -0.3 is 10.4 Å². The van der Waals surface area contributed by atoms with Crippen LogP contribution in [0.15, 0.2) is 41.0 Å². The molecule has 0 aliphatic rings.